The zero-order valence-corrected chi connectivity index (χ0v) is 42.9. The quantitative estimate of drug-likeness (QED) is 0.152. The number of fused-ring (bicyclic) bond motifs is 9. The van der Waals surface area contributed by atoms with Crippen molar-refractivity contribution in [2.75, 3.05) is 0 Å². The van der Waals surface area contributed by atoms with Crippen LogP contribution in [0.3, 0.4) is 0 Å². The minimum atomic E-state index is -0.0698. The highest BCUT2D eigenvalue weighted by atomic mass is 15.1. The van der Waals surface area contributed by atoms with Crippen molar-refractivity contribution in [3.63, 3.8) is 0 Å². The molecule has 3 aliphatic carbocycles. The largest absolute Gasteiger partial charge is 0.309 e. The number of nitrogens with zero attached hydrogens (tertiary/aromatic N) is 5. The Morgan fingerprint density at radius 2 is 1.05 bits per heavy atom. The molecule has 0 radical (unpaired) electrons. The van der Waals surface area contributed by atoms with Crippen molar-refractivity contribution in [2.24, 2.45) is 5.92 Å². The molecule has 9 aromatic carbocycles. The fourth-order valence-electron chi connectivity index (χ4n) is 13.1. The average molecular weight is 988 g/mol. The maximum atomic E-state index is 5.57. The van der Waals surface area contributed by atoms with E-state index in [1.54, 1.807) is 0 Å². The van der Waals surface area contributed by atoms with Crippen molar-refractivity contribution in [1.29, 1.82) is 0 Å². The first-order chi connectivity index (χ1) is 38.0. The van der Waals surface area contributed by atoms with Gasteiger partial charge in [-0.25, -0.2) is 15.0 Å². The van der Waals surface area contributed by atoms with Gasteiger partial charge in [-0.05, 0) is 111 Å². The van der Waals surface area contributed by atoms with Crippen molar-refractivity contribution in [3.05, 3.63) is 272 Å². The molecule has 5 nitrogen and oxygen atoms in total. The van der Waals surface area contributed by atoms with Crippen LogP contribution < -0.4 is 0 Å². The maximum Gasteiger partial charge on any atom is 0.166 e. The molecule has 3 heterocycles. The second-order valence-electron chi connectivity index (χ2n) is 21.5. The highest BCUT2D eigenvalue weighted by Gasteiger charge is 2.44. The van der Waals surface area contributed by atoms with Crippen LogP contribution >= 0.6 is 0 Å². The predicted molar refractivity (Wildman–Crippen MR) is 319 cm³/mol. The second-order valence-corrected chi connectivity index (χ2v) is 21.5. The average Bonchev–Trinajstić information content (AvgIpc) is 4.14. The molecule has 3 atom stereocenters. The van der Waals surface area contributed by atoms with Crippen LogP contribution in [-0.2, 0) is 5.41 Å². The lowest BCUT2D eigenvalue weighted by Gasteiger charge is -2.29. The standard InChI is InChI=1S/C72H53N5/c1-72(2)60-33-17-15-29-53(60)54-40-39-51(43-61(54)72)70-73-69(48-25-11-5-12-26-48)74-71(75-70)59-42-38-50(47-23-9-4-10-24-47)45-66(59)77-64-36-20-32-56(68(64)58-41-37-49(44-65(58)77)46-21-7-3-8-22-46)55-31-19-35-63-67(55)57-30-16-18-34-62(57)76(63)52-27-13-6-14-28-52/h3-23,25-45,47,53,60H,24H2,1-2H3. The van der Waals surface area contributed by atoms with E-state index in [0.717, 1.165) is 56.6 Å². The lowest BCUT2D eigenvalue weighted by molar-refractivity contribution is 0.394. The third kappa shape index (κ3) is 7.25. The van der Waals surface area contributed by atoms with Gasteiger partial charge in [0, 0.05) is 55.8 Å². The smallest absolute Gasteiger partial charge is 0.166 e. The molecule has 0 bridgehead atoms. The molecule has 3 aliphatic rings. The molecule has 0 spiro atoms. The molecule has 77 heavy (non-hydrogen) atoms. The molecule has 5 heteroatoms. The Morgan fingerprint density at radius 1 is 0.429 bits per heavy atom. The number of aromatic nitrogens is 5. The molecule has 12 aromatic rings. The monoisotopic (exact) mass is 987 g/mol. The molecule has 3 aromatic heterocycles. The van der Waals surface area contributed by atoms with Gasteiger partial charge < -0.3 is 9.13 Å². The number of para-hydroxylation sites is 2. The van der Waals surface area contributed by atoms with Crippen LogP contribution in [0.5, 0.6) is 0 Å². The summed E-state index contributed by atoms with van der Waals surface area (Å²) in [5.41, 5.74) is 18.1. The van der Waals surface area contributed by atoms with Gasteiger partial charge in [-0.1, -0.05) is 214 Å². The van der Waals surface area contributed by atoms with E-state index in [4.69, 9.17) is 15.0 Å². The van der Waals surface area contributed by atoms with Crippen LogP contribution in [0.2, 0.25) is 0 Å². The topological polar surface area (TPSA) is 48.5 Å². The van der Waals surface area contributed by atoms with Gasteiger partial charge in [0.1, 0.15) is 0 Å². The van der Waals surface area contributed by atoms with E-state index in [-0.39, 0.29) is 11.3 Å². The minimum Gasteiger partial charge on any atom is -0.309 e. The zero-order chi connectivity index (χ0) is 51.2. The van der Waals surface area contributed by atoms with E-state index in [1.807, 2.05) is 6.07 Å². The second kappa shape index (κ2) is 17.9. The van der Waals surface area contributed by atoms with Gasteiger partial charge in [0.25, 0.3) is 0 Å². The molecule has 0 amide bonds. The summed E-state index contributed by atoms with van der Waals surface area (Å²) < 4.78 is 4.91. The summed E-state index contributed by atoms with van der Waals surface area (Å²) >= 11 is 0. The first kappa shape index (κ1) is 45.0. The Kier molecular flexibility index (Phi) is 10.4. The summed E-state index contributed by atoms with van der Waals surface area (Å²) in [4.78, 5) is 16.4. The molecule has 15 rings (SSSR count). The Bertz CT molecular complexity index is 4460. The Balaban J connectivity index is 1.01. The van der Waals surface area contributed by atoms with E-state index in [0.29, 0.717) is 29.3 Å². The molecule has 3 unspecified atom stereocenters. The number of benzene rings is 9. The summed E-state index contributed by atoms with van der Waals surface area (Å²) in [6.07, 6.45) is 19.0. The van der Waals surface area contributed by atoms with E-state index < -0.39 is 0 Å². The number of allylic oxidation sites excluding steroid dienone is 8. The Hall–Kier alpha value is -9.45. The summed E-state index contributed by atoms with van der Waals surface area (Å²) in [6, 6.07) is 75.2. The minimum absolute atomic E-state index is 0.0698. The number of rotatable bonds is 8. The Labute approximate surface area is 448 Å². The van der Waals surface area contributed by atoms with Crippen LogP contribution in [0.1, 0.15) is 48.8 Å². The normalized spacial score (nSPS) is 17.2. The first-order valence-electron chi connectivity index (χ1n) is 27.0. The third-order valence-corrected chi connectivity index (χ3v) is 16.8. The van der Waals surface area contributed by atoms with Crippen molar-refractivity contribution in [3.8, 4) is 67.8 Å². The molecule has 0 saturated carbocycles. The first-order valence-corrected chi connectivity index (χ1v) is 27.0. The van der Waals surface area contributed by atoms with Crippen molar-refractivity contribution in [2.45, 2.75) is 37.5 Å². The Morgan fingerprint density at radius 3 is 1.81 bits per heavy atom. The van der Waals surface area contributed by atoms with Gasteiger partial charge in [-0.15, -0.1) is 0 Å². The van der Waals surface area contributed by atoms with E-state index in [2.05, 4.69) is 272 Å². The van der Waals surface area contributed by atoms with Crippen molar-refractivity contribution < 1.29 is 0 Å². The van der Waals surface area contributed by atoms with Gasteiger partial charge >= 0.3 is 0 Å². The lowest BCUT2D eigenvalue weighted by atomic mass is 9.74. The highest BCUT2D eigenvalue weighted by Crippen LogP contribution is 2.54. The van der Waals surface area contributed by atoms with E-state index >= 15 is 0 Å². The molecular formula is C72H53N5. The van der Waals surface area contributed by atoms with Crippen LogP contribution in [0.15, 0.2) is 255 Å². The zero-order valence-electron chi connectivity index (χ0n) is 42.9. The summed E-state index contributed by atoms with van der Waals surface area (Å²) in [5.74, 6) is 2.85. The highest BCUT2D eigenvalue weighted by molar-refractivity contribution is 6.22. The third-order valence-electron chi connectivity index (χ3n) is 16.8. The van der Waals surface area contributed by atoms with E-state index in [1.165, 1.54) is 60.4 Å². The molecular weight excluding hydrogens is 935 g/mol. The summed E-state index contributed by atoms with van der Waals surface area (Å²) in [6.45, 7) is 4.76. The van der Waals surface area contributed by atoms with Crippen molar-refractivity contribution in [1.82, 2.24) is 24.1 Å². The lowest BCUT2D eigenvalue weighted by Crippen LogP contribution is -2.24. The van der Waals surface area contributed by atoms with Crippen LogP contribution in [0.25, 0.3) is 111 Å². The van der Waals surface area contributed by atoms with Crippen molar-refractivity contribution >= 4 is 43.6 Å². The van der Waals surface area contributed by atoms with Gasteiger partial charge in [0.15, 0.2) is 17.5 Å². The fraction of sp³-hybridized carbons (Fsp3) is 0.0972. The maximum absolute atomic E-state index is 5.57. The fourth-order valence-corrected chi connectivity index (χ4v) is 13.1. The van der Waals surface area contributed by atoms with Crippen LogP contribution in [0, 0.1) is 5.92 Å². The molecule has 0 aliphatic heterocycles. The number of hydrogen-bond acceptors (Lipinski definition) is 3. The van der Waals surface area contributed by atoms with Gasteiger partial charge in [0.2, 0.25) is 0 Å². The van der Waals surface area contributed by atoms with Crippen LogP contribution in [0.4, 0.5) is 0 Å². The van der Waals surface area contributed by atoms with Gasteiger partial charge in [0.05, 0.1) is 27.8 Å². The molecule has 0 N–H and O–H groups in total. The SMILES string of the molecule is CC1(C)c2cc(-c3nc(-c4ccccc4)nc(-c4ccc(C5C=CC=CC5)cc4-n4c5cc(-c6ccccc6)ccc5c5c(-c6cccc7c6c6ccccc6n7-c6ccccc6)cccc54)n3)ccc2C2C=CC=CC21. The predicted octanol–water partition coefficient (Wildman–Crippen LogP) is 18.1. The number of hydrogen-bond donors (Lipinski definition) is 0. The van der Waals surface area contributed by atoms with Gasteiger partial charge in [-0.3, -0.25) is 0 Å². The van der Waals surface area contributed by atoms with Gasteiger partial charge in [-0.2, -0.15) is 0 Å². The van der Waals surface area contributed by atoms with Crippen LogP contribution in [-0.4, -0.2) is 24.1 Å². The van der Waals surface area contributed by atoms with E-state index in [9.17, 15) is 0 Å². The molecule has 366 valence electrons. The summed E-state index contributed by atoms with van der Waals surface area (Å²) in [5, 5.41) is 4.81. The summed E-state index contributed by atoms with van der Waals surface area (Å²) in [7, 11) is 0. The molecule has 0 saturated heterocycles. The molecule has 0 fully saturated rings.